The summed E-state index contributed by atoms with van der Waals surface area (Å²) in [6, 6.07) is 0. The van der Waals surface area contributed by atoms with Gasteiger partial charge in [-0.25, -0.2) is 0 Å². The molecule has 1 nitrogen and oxygen atoms in total. The smallest absolute Gasteiger partial charge is 0.123 e. The first-order valence-electron chi connectivity index (χ1n) is 5.42. The third-order valence-electron chi connectivity index (χ3n) is 2.78. The van der Waals surface area contributed by atoms with Crippen LogP contribution < -0.4 is 0 Å². The summed E-state index contributed by atoms with van der Waals surface area (Å²) in [7, 11) is 0. The van der Waals surface area contributed by atoms with Crippen molar-refractivity contribution in [2.45, 2.75) is 47.5 Å². The topological polar surface area (TPSA) is 17.1 Å². The van der Waals surface area contributed by atoms with Crippen molar-refractivity contribution in [3.8, 4) is 0 Å². The van der Waals surface area contributed by atoms with Crippen LogP contribution in [-0.2, 0) is 4.79 Å². The zero-order valence-electron chi connectivity index (χ0n) is 9.71. The van der Waals surface area contributed by atoms with Crippen molar-refractivity contribution in [3.05, 3.63) is 0 Å². The molecule has 2 atom stereocenters. The lowest BCUT2D eigenvalue weighted by Gasteiger charge is -2.20. The molecule has 0 aliphatic heterocycles. The molecule has 0 aliphatic rings. The molecule has 0 spiro atoms. The fourth-order valence-corrected chi connectivity index (χ4v) is 1.56. The quantitative estimate of drug-likeness (QED) is 0.577. The molecule has 78 valence electrons. The molecule has 13 heavy (non-hydrogen) atoms. The molecule has 0 amide bonds. The summed E-state index contributed by atoms with van der Waals surface area (Å²) >= 11 is 0. The van der Waals surface area contributed by atoms with E-state index in [1.807, 2.05) is 0 Å². The Morgan fingerprint density at radius 1 is 1.00 bits per heavy atom. The van der Waals surface area contributed by atoms with E-state index in [0.29, 0.717) is 17.8 Å². The third-order valence-corrected chi connectivity index (χ3v) is 2.78. The highest BCUT2D eigenvalue weighted by atomic mass is 16.1. The van der Waals surface area contributed by atoms with Crippen LogP contribution in [0.3, 0.4) is 0 Å². The lowest BCUT2D eigenvalue weighted by Crippen LogP contribution is -2.14. The van der Waals surface area contributed by atoms with Gasteiger partial charge in [0.25, 0.3) is 0 Å². The van der Waals surface area contributed by atoms with E-state index in [9.17, 15) is 4.79 Å². The summed E-state index contributed by atoms with van der Waals surface area (Å²) in [5.74, 6) is 2.26. The number of carbonyl (C=O) groups is 1. The molecular weight excluding hydrogens is 160 g/mol. The number of hydrogen-bond acceptors (Lipinski definition) is 1. The van der Waals surface area contributed by atoms with Crippen molar-refractivity contribution >= 4 is 6.29 Å². The largest absolute Gasteiger partial charge is 0.303 e. The van der Waals surface area contributed by atoms with Gasteiger partial charge in [0.2, 0.25) is 0 Å². The van der Waals surface area contributed by atoms with Gasteiger partial charge in [-0.1, -0.05) is 34.6 Å². The Labute approximate surface area is 82.9 Å². The normalized spacial score (nSPS) is 16.2. The van der Waals surface area contributed by atoms with Crippen molar-refractivity contribution < 1.29 is 4.79 Å². The molecule has 0 N–H and O–H groups in total. The van der Waals surface area contributed by atoms with Crippen LogP contribution in [0.25, 0.3) is 0 Å². The van der Waals surface area contributed by atoms with E-state index in [0.717, 1.165) is 19.1 Å². The van der Waals surface area contributed by atoms with E-state index < -0.39 is 0 Å². The van der Waals surface area contributed by atoms with Gasteiger partial charge in [-0.2, -0.15) is 0 Å². The zero-order chi connectivity index (χ0) is 10.4. The van der Waals surface area contributed by atoms with E-state index in [4.69, 9.17) is 0 Å². The third kappa shape index (κ3) is 5.84. The second-order valence-electron chi connectivity index (χ2n) is 4.98. The van der Waals surface area contributed by atoms with Crippen LogP contribution in [-0.4, -0.2) is 6.29 Å². The van der Waals surface area contributed by atoms with E-state index in [1.54, 1.807) is 0 Å². The SMILES string of the molecule is CC(C)CC(C=O)CC(C)C(C)C. The Bertz CT molecular complexity index is 138. The van der Waals surface area contributed by atoms with Gasteiger partial charge in [0.15, 0.2) is 0 Å². The molecule has 0 radical (unpaired) electrons. The summed E-state index contributed by atoms with van der Waals surface area (Å²) in [4.78, 5) is 10.8. The Balaban J connectivity index is 3.90. The highest BCUT2D eigenvalue weighted by molar-refractivity contribution is 5.53. The van der Waals surface area contributed by atoms with Crippen LogP contribution >= 0.6 is 0 Å². The fourth-order valence-electron chi connectivity index (χ4n) is 1.56. The van der Waals surface area contributed by atoms with Crippen LogP contribution in [0.4, 0.5) is 0 Å². The Hall–Kier alpha value is -0.330. The number of rotatable bonds is 6. The standard InChI is InChI=1S/C12H24O/c1-9(2)6-12(8-13)7-11(5)10(3)4/h8-12H,6-7H2,1-5H3. The average molecular weight is 184 g/mol. The maximum absolute atomic E-state index is 10.8. The van der Waals surface area contributed by atoms with Crippen molar-refractivity contribution in [3.63, 3.8) is 0 Å². The number of carbonyl (C=O) groups excluding carboxylic acids is 1. The van der Waals surface area contributed by atoms with Crippen molar-refractivity contribution in [1.82, 2.24) is 0 Å². The average Bonchev–Trinajstić information content (AvgIpc) is 2.02. The second kappa shape index (κ2) is 6.17. The van der Waals surface area contributed by atoms with Crippen molar-refractivity contribution in [2.24, 2.45) is 23.7 Å². The lowest BCUT2D eigenvalue weighted by atomic mass is 9.85. The molecule has 0 aromatic heterocycles. The van der Waals surface area contributed by atoms with E-state index in [1.165, 1.54) is 0 Å². The van der Waals surface area contributed by atoms with Gasteiger partial charge < -0.3 is 4.79 Å². The summed E-state index contributed by atoms with van der Waals surface area (Å²) in [5, 5.41) is 0. The van der Waals surface area contributed by atoms with Crippen LogP contribution in [0.2, 0.25) is 0 Å². The minimum Gasteiger partial charge on any atom is -0.303 e. The molecule has 1 heteroatoms. The van der Waals surface area contributed by atoms with E-state index in [2.05, 4.69) is 34.6 Å². The highest BCUT2D eigenvalue weighted by Crippen LogP contribution is 2.22. The summed E-state index contributed by atoms with van der Waals surface area (Å²) < 4.78 is 0. The fraction of sp³-hybridized carbons (Fsp3) is 0.917. The van der Waals surface area contributed by atoms with Gasteiger partial charge in [0.1, 0.15) is 6.29 Å². The monoisotopic (exact) mass is 184 g/mol. The van der Waals surface area contributed by atoms with Crippen LogP contribution in [0.1, 0.15) is 47.5 Å². The second-order valence-corrected chi connectivity index (χ2v) is 4.98. The molecule has 0 aliphatic carbocycles. The first-order valence-corrected chi connectivity index (χ1v) is 5.42. The van der Waals surface area contributed by atoms with Gasteiger partial charge in [-0.05, 0) is 30.6 Å². The van der Waals surface area contributed by atoms with Crippen LogP contribution in [0.5, 0.6) is 0 Å². The first-order chi connectivity index (χ1) is 5.97. The highest BCUT2D eigenvalue weighted by Gasteiger charge is 2.15. The molecule has 0 aromatic carbocycles. The molecule has 2 unspecified atom stereocenters. The predicted octanol–water partition coefficient (Wildman–Crippen LogP) is 3.53. The van der Waals surface area contributed by atoms with Crippen LogP contribution in [0.15, 0.2) is 0 Å². The number of hydrogen-bond donors (Lipinski definition) is 0. The first kappa shape index (κ1) is 12.7. The maximum atomic E-state index is 10.8. The van der Waals surface area contributed by atoms with Crippen molar-refractivity contribution in [2.75, 3.05) is 0 Å². The number of aldehydes is 1. The summed E-state index contributed by atoms with van der Waals surface area (Å²) in [6.07, 6.45) is 3.23. The minimum absolute atomic E-state index is 0.275. The molecular formula is C12H24O. The predicted molar refractivity (Wildman–Crippen MR) is 57.6 cm³/mol. The summed E-state index contributed by atoms with van der Waals surface area (Å²) in [5.41, 5.74) is 0. The van der Waals surface area contributed by atoms with Gasteiger partial charge in [0.05, 0.1) is 0 Å². The maximum Gasteiger partial charge on any atom is 0.123 e. The van der Waals surface area contributed by atoms with E-state index in [-0.39, 0.29) is 5.92 Å². The van der Waals surface area contributed by atoms with Gasteiger partial charge >= 0.3 is 0 Å². The van der Waals surface area contributed by atoms with Gasteiger partial charge in [-0.3, -0.25) is 0 Å². The minimum atomic E-state index is 0.275. The molecule has 0 fully saturated rings. The molecule has 0 aromatic rings. The Kier molecular flexibility index (Phi) is 6.02. The van der Waals surface area contributed by atoms with Gasteiger partial charge in [-0.15, -0.1) is 0 Å². The van der Waals surface area contributed by atoms with Gasteiger partial charge in [0, 0.05) is 5.92 Å². The molecule has 0 saturated heterocycles. The summed E-state index contributed by atoms with van der Waals surface area (Å²) in [6.45, 7) is 11.0. The molecule has 0 heterocycles. The molecule has 0 bridgehead atoms. The van der Waals surface area contributed by atoms with Crippen LogP contribution in [0, 0.1) is 23.7 Å². The molecule has 0 rings (SSSR count). The molecule has 0 saturated carbocycles. The van der Waals surface area contributed by atoms with E-state index >= 15 is 0 Å². The lowest BCUT2D eigenvalue weighted by molar-refractivity contribution is -0.112. The Morgan fingerprint density at radius 3 is 1.85 bits per heavy atom. The Morgan fingerprint density at radius 2 is 1.54 bits per heavy atom. The van der Waals surface area contributed by atoms with Crippen molar-refractivity contribution in [1.29, 1.82) is 0 Å². The zero-order valence-corrected chi connectivity index (χ0v) is 9.71.